The topological polar surface area (TPSA) is 296 Å². The molecule has 1 spiro atoms. The molecule has 0 aromatic heterocycles. The number of rotatable bonds is 9. The Hall–Kier alpha value is -0.760. The van der Waals surface area contributed by atoms with Crippen molar-refractivity contribution in [2.24, 2.45) is 52.3 Å². The van der Waals surface area contributed by atoms with Crippen LogP contribution in [0.3, 0.4) is 0 Å². The lowest BCUT2D eigenvalue weighted by molar-refractivity contribution is -0.390. The second-order valence-corrected chi connectivity index (χ2v) is 21.7. The summed E-state index contributed by atoms with van der Waals surface area (Å²) >= 11 is 0. The Labute approximate surface area is 373 Å². The van der Waals surface area contributed by atoms with E-state index >= 15 is 0 Å². The molecule has 19 nitrogen and oxygen atoms in total. The van der Waals surface area contributed by atoms with Gasteiger partial charge in [-0.15, -0.1) is 0 Å². The number of aliphatic hydroxyl groups excluding tert-OH is 11. The van der Waals surface area contributed by atoms with Crippen LogP contribution in [-0.4, -0.2) is 199 Å². The highest BCUT2D eigenvalue weighted by molar-refractivity contribution is 5.16. The highest BCUT2D eigenvalue weighted by atomic mass is 16.8. The summed E-state index contributed by atoms with van der Waals surface area (Å²) in [5.41, 5.74) is -0.0398. The summed E-state index contributed by atoms with van der Waals surface area (Å²) in [5, 5.41) is 118. The standard InChI is InChI=1S/C45H74O19/c1-18-5-10-45(57-17-18)19(2)30-26(64-45)13-23-21-12-25(49)24-11-20(6-8-43(24,3)22(21)7-9-44(23,30)4)58-40-37(56)35(54)38(29(16-48)61-40)62-42-39(34(53)32(51)28(15-47)60-42)63-41-36(55)33(52)31(50)27(14-46)59-41/h18-42,46-56H,5-17H2,1-4H3. The van der Waals surface area contributed by atoms with Crippen LogP contribution in [0.2, 0.25) is 0 Å². The normalized spacial score (nSPS) is 58.6. The average Bonchev–Trinajstić information content (AvgIpc) is 3.73. The Morgan fingerprint density at radius 3 is 1.81 bits per heavy atom. The number of aliphatic hydroxyl groups is 11. The van der Waals surface area contributed by atoms with Crippen LogP contribution in [0.4, 0.5) is 0 Å². The second-order valence-electron chi connectivity index (χ2n) is 21.7. The Morgan fingerprint density at radius 2 is 1.14 bits per heavy atom. The molecule has 4 saturated carbocycles. The van der Waals surface area contributed by atoms with Gasteiger partial charge in [0.05, 0.1) is 44.7 Å². The molecule has 28 unspecified atom stereocenters. The first-order chi connectivity index (χ1) is 30.4. The van der Waals surface area contributed by atoms with Gasteiger partial charge < -0.3 is 94.1 Å². The average molecular weight is 919 g/mol. The maximum absolute atomic E-state index is 12.0. The first-order valence-corrected chi connectivity index (χ1v) is 23.9. The minimum Gasteiger partial charge on any atom is -0.394 e. The van der Waals surface area contributed by atoms with E-state index in [0.29, 0.717) is 54.8 Å². The minimum absolute atomic E-state index is 0.0745. The molecule has 5 aliphatic heterocycles. The zero-order valence-corrected chi connectivity index (χ0v) is 37.3. The maximum Gasteiger partial charge on any atom is 0.187 e. The lowest BCUT2D eigenvalue weighted by Gasteiger charge is -2.62. The van der Waals surface area contributed by atoms with E-state index in [9.17, 15) is 56.2 Å². The smallest absolute Gasteiger partial charge is 0.187 e. The predicted octanol–water partition coefficient (Wildman–Crippen LogP) is -1.76. The van der Waals surface area contributed by atoms with Gasteiger partial charge in [0, 0.05) is 12.3 Å². The molecule has 9 fully saturated rings. The summed E-state index contributed by atoms with van der Waals surface area (Å²) in [5.74, 6) is 1.94. The molecule has 368 valence electrons. The number of hydrogen-bond acceptors (Lipinski definition) is 19. The van der Waals surface area contributed by atoms with Gasteiger partial charge in [0.25, 0.3) is 0 Å². The first-order valence-electron chi connectivity index (χ1n) is 23.9. The summed E-state index contributed by atoms with van der Waals surface area (Å²) in [6, 6.07) is 0. The molecule has 19 heteroatoms. The zero-order chi connectivity index (χ0) is 45.8. The van der Waals surface area contributed by atoms with Crippen LogP contribution in [0.25, 0.3) is 0 Å². The largest absolute Gasteiger partial charge is 0.394 e. The Morgan fingerprint density at radius 1 is 0.547 bits per heavy atom. The van der Waals surface area contributed by atoms with Gasteiger partial charge in [-0.25, -0.2) is 0 Å². The molecule has 0 radical (unpaired) electrons. The molecule has 4 aliphatic carbocycles. The lowest BCUT2D eigenvalue weighted by atomic mass is 9.43. The third-order valence-corrected chi connectivity index (χ3v) is 18.3. The van der Waals surface area contributed by atoms with Crippen molar-refractivity contribution in [1.82, 2.24) is 0 Å². The van der Waals surface area contributed by atoms with Crippen LogP contribution in [0, 0.1) is 52.3 Å². The van der Waals surface area contributed by atoms with Crippen molar-refractivity contribution in [1.29, 1.82) is 0 Å². The van der Waals surface area contributed by atoms with Crippen molar-refractivity contribution >= 4 is 0 Å². The zero-order valence-electron chi connectivity index (χ0n) is 37.3. The molecule has 0 aromatic rings. The van der Waals surface area contributed by atoms with Crippen LogP contribution >= 0.6 is 0 Å². The monoisotopic (exact) mass is 918 g/mol. The quantitative estimate of drug-likeness (QED) is 0.114. The second kappa shape index (κ2) is 18.2. The van der Waals surface area contributed by atoms with E-state index in [1.165, 1.54) is 0 Å². The van der Waals surface area contributed by atoms with E-state index in [0.717, 1.165) is 45.1 Å². The summed E-state index contributed by atoms with van der Waals surface area (Å²) < 4.78 is 48.8. The number of fused-ring (bicyclic) bond motifs is 7. The predicted molar refractivity (Wildman–Crippen MR) is 217 cm³/mol. The van der Waals surface area contributed by atoms with E-state index < -0.39 is 130 Å². The summed E-state index contributed by atoms with van der Waals surface area (Å²) in [7, 11) is 0. The third kappa shape index (κ3) is 7.85. The molecule has 11 N–H and O–H groups in total. The molecule has 0 amide bonds. The van der Waals surface area contributed by atoms with Gasteiger partial charge in [-0.1, -0.05) is 27.7 Å². The van der Waals surface area contributed by atoms with Gasteiger partial charge in [-0.2, -0.15) is 0 Å². The van der Waals surface area contributed by atoms with Crippen LogP contribution in [0.1, 0.15) is 85.5 Å². The molecular weight excluding hydrogens is 844 g/mol. The van der Waals surface area contributed by atoms with Gasteiger partial charge in [0.2, 0.25) is 0 Å². The SMILES string of the molecule is CC1CCC2(OC1)OC1CC3C4CC(O)C5CC(OC6OC(CO)C(OC7OC(CO)C(O)C(O)C7OC7OC(CO)C(O)C(O)C7O)C(O)C6O)CCC5(C)C4CCC3(C)C1C2C. The van der Waals surface area contributed by atoms with Gasteiger partial charge in [-0.05, 0) is 97.7 Å². The van der Waals surface area contributed by atoms with Crippen LogP contribution in [0.5, 0.6) is 0 Å². The molecule has 5 saturated heterocycles. The first kappa shape index (κ1) is 48.3. The fraction of sp³-hybridized carbons (Fsp3) is 1.00. The molecule has 0 aromatic carbocycles. The highest BCUT2D eigenvalue weighted by Crippen LogP contribution is 2.71. The van der Waals surface area contributed by atoms with Crippen molar-refractivity contribution in [2.75, 3.05) is 26.4 Å². The van der Waals surface area contributed by atoms with Gasteiger partial charge in [-0.3, -0.25) is 0 Å². The number of ether oxygens (including phenoxy) is 8. The Kier molecular flexibility index (Phi) is 13.7. The van der Waals surface area contributed by atoms with E-state index in [2.05, 4.69) is 27.7 Å². The summed E-state index contributed by atoms with van der Waals surface area (Å²) in [4.78, 5) is 0. The fourth-order valence-electron chi connectivity index (χ4n) is 14.7. The van der Waals surface area contributed by atoms with Gasteiger partial charge in [0.15, 0.2) is 24.7 Å². The van der Waals surface area contributed by atoms with E-state index in [4.69, 9.17) is 37.9 Å². The molecule has 64 heavy (non-hydrogen) atoms. The minimum atomic E-state index is -1.90. The highest BCUT2D eigenvalue weighted by Gasteiger charge is 2.70. The maximum atomic E-state index is 12.0. The summed E-state index contributed by atoms with van der Waals surface area (Å²) in [6.45, 7) is 7.83. The summed E-state index contributed by atoms with van der Waals surface area (Å²) in [6.07, 6.45) is -18.1. The fourth-order valence-corrected chi connectivity index (χ4v) is 14.7. The molecule has 0 bridgehead atoms. The van der Waals surface area contributed by atoms with Crippen molar-refractivity contribution in [3.8, 4) is 0 Å². The van der Waals surface area contributed by atoms with Crippen molar-refractivity contribution in [3.05, 3.63) is 0 Å². The van der Waals surface area contributed by atoms with E-state index in [1.807, 2.05) is 0 Å². The molecular formula is C45H74O19. The Bertz CT molecular complexity index is 1600. The molecule has 5 heterocycles. The number of hydrogen-bond donors (Lipinski definition) is 11. The van der Waals surface area contributed by atoms with Crippen LogP contribution in [0.15, 0.2) is 0 Å². The van der Waals surface area contributed by atoms with Gasteiger partial charge in [0.1, 0.15) is 73.2 Å². The third-order valence-electron chi connectivity index (χ3n) is 18.3. The lowest BCUT2D eigenvalue weighted by Crippen LogP contribution is -2.67. The van der Waals surface area contributed by atoms with Crippen molar-refractivity contribution in [2.45, 2.75) is 202 Å². The van der Waals surface area contributed by atoms with Crippen molar-refractivity contribution < 1.29 is 94.1 Å². The molecule has 28 atom stereocenters. The molecule has 9 rings (SSSR count). The Balaban J connectivity index is 0.847. The molecule has 9 aliphatic rings. The van der Waals surface area contributed by atoms with E-state index in [-0.39, 0.29) is 22.9 Å². The van der Waals surface area contributed by atoms with Crippen LogP contribution < -0.4 is 0 Å². The van der Waals surface area contributed by atoms with Gasteiger partial charge >= 0.3 is 0 Å². The van der Waals surface area contributed by atoms with Crippen LogP contribution in [-0.2, 0) is 37.9 Å². The van der Waals surface area contributed by atoms with Crippen molar-refractivity contribution in [3.63, 3.8) is 0 Å². The van der Waals surface area contributed by atoms with E-state index in [1.54, 1.807) is 0 Å².